The number of halogens is 1. The van der Waals surface area contributed by atoms with Gasteiger partial charge in [-0.15, -0.1) is 11.8 Å². The molecule has 2 saturated carbocycles. The van der Waals surface area contributed by atoms with Gasteiger partial charge in [-0.2, -0.15) is 0 Å². The number of phenolic OH excluding ortho intramolecular Hbond substituents is 1. The molecule has 3 aromatic rings. The average molecular weight is 495 g/mol. The Balaban J connectivity index is 1.34. The first-order chi connectivity index (χ1) is 16.4. The van der Waals surface area contributed by atoms with E-state index in [1.54, 1.807) is 23.9 Å². The molecule has 6 nitrogen and oxygen atoms in total. The molecule has 7 rings (SSSR count). The summed E-state index contributed by atoms with van der Waals surface area (Å²) < 4.78 is 13.5. The molecule has 7 atom stereocenters. The molecule has 2 amide bonds. The Morgan fingerprint density at radius 3 is 2.41 bits per heavy atom. The first-order valence-electron chi connectivity index (χ1n) is 11.2. The predicted octanol–water partition coefficient (Wildman–Crippen LogP) is 3.96. The van der Waals surface area contributed by atoms with Gasteiger partial charge in [0.1, 0.15) is 11.6 Å². The van der Waals surface area contributed by atoms with Gasteiger partial charge in [-0.1, -0.05) is 29.5 Å². The van der Waals surface area contributed by atoms with Crippen molar-refractivity contribution in [3.8, 4) is 5.75 Å². The van der Waals surface area contributed by atoms with E-state index in [9.17, 15) is 23.9 Å². The number of nitrogens with one attached hydrogen (secondary N) is 1. The van der Waals surface area contributed by atoms with Crippen molar-refractivity contribution in [1.29, 1.82) is 0 Å². The summed E-state index contributed by atoms with van der Waals surface area (Å²) in [5.41, 5.74) is 1.16. The zero-order chi connectivity index (χ0) is 23.3. The van der Waals surface area contributed by atoms with Gasteiger partial charge < -0.3 is 10.1 Å². The molecule has 1 aromatic heterocycles. The first kappa shape index (κ1) is 20.5. The Kier molecular flexibility index (Phi) is 4.24. The average Bonchev–Trinajstić information content (AvgIpc) is 3.54. The van der Waals surface area contributed by atoms with Crippen LogP contribution in [0.1, 0.15) is 22.8 Å². The largest absolute Gasteiger partial charge is 0.508 e. The van der Waals surface area contributed by atoms with Crippen LogP contribution in [0.15, 0.2) is 58.4 Å². The SMILES string of the molecule is O=C1[C@H]2[C@H]3C[C@@H]([C@@H]4Sc5[nH]c(=O)sc5[C@@H](c5ccccc5O)[C@@H]34)[C@@H]2C(=O)N1c1ccc(F)cc1. The van der Waals surface area contributed by atoms with Gasteiger partial charge in [-0.3, -0.25) is 19.3 Å². The first-order valence-corrected chi connectivity index (χ1v) is 12.9. The molecular formula is C25H19FN2O4S2. The van der Waals surface area contributed by atoms with E-state index < -0.39 is 17.7 Å². The number of thioether (sulfide) groups is 1. The molecule has 0 spiro atoms. The number of carbonyl (C=O) groups is 2. The minimum atomic E-state index is -0.435. The maximum atomic E-state index is 13.6. The molecular weight excluding hydrogens is 475 g/mol. The van der Waals surface area contributed by atoms with E-state index in [4.69, 9.17) is 0 Å². The maximum absolute atomic E-state index is 13.6. The van der Waals surface area contributed by atoms with E-state index in [0.29, 0.717) is 5.69 Å². The molecule has 3 fully saturated rings. The van der Waals surface area contributed by atoms with Crippen LogP contribution in [0.2, 0.25) is 0 Å². The Morgan fingerprint density at radius 1 is 0.971 bits per heavy atom. The van der Waals surface area contributed by atoms with Crippen LogP contribution in [0, 0.1) is 35.4 Å². The summed E-state index contributed by atoms with van der Waals surface area (Å²) in [5, 5.41) is 11.6. The quantitative estimate of drug-likeness (QED) is 0.527. The number of aromatic amines is 1. The minimum absolute atomic E-state index is 0.00296. The lowest BCUT2D eigenvalue weighted by Gasteiger charge is -2.43. The molecule has 0 unspecified atom stereocenters. The van der Waals surface area contributed by atoms with E-state index in [1.165, 1.54) is 29.2 Å². The van der Waals surface area contributed by atoms with Crippen molar-refractivity contribution in [3.63, 3.8) is 0 Å². The second-order valence-electron chi connectivity index (χ2n) is 9.51. The molecule has 0 radical (unpaired) electrons. The van der Waals surface area contributed by atoms with Crippen molar-refractivity contribution >= 4 is 40.6 Å². The number of amides is 2. The van der Waals surface area contributed by atoms with Gasteiger partial charge in [0.2, 0.25) is 11.8 Å². The fraction of sp³-hybridized carbons (Fsp3) is 0.320. The zero-order valence-electron chi connectivity index (χ0n) is 17.7. The van der Waals surface area contributed by atoms with Gasteiger partial charge in [0, 0.05) is 21.6 Å². The monoisotopic (exact) mass is 494 g/mol. The number of aromatic hydroxyl groups is 1. The van der Waals surface area contributed by atoms with Crippen LogP contribution in [0.4, 0.5) is 10.1 Å². The molecule has 2 aromatic carbocycles. The van der Waals surface area contributed by atoms with Crippen molar-refractivity contribution in [1.82, 2.24) is 4.98 Å². The molecule has 2 bridgehead atoms. The number of carbonyl (C=O) groups excluding carboxylic acids is 2. The number of phenols is 1. The van der Waals surface area contributed by atoms with E-state index in [-0.39, 0.29) is 51.4 Å². The second kappa shape index (κ2) is 7.05. The van der Waals surface area contributed by atoms with Crippen LogP contribution < -0.4 is 9.77 Å². The third-order valence-corrected chi connectivity index (χ3v) is 10.7. The highest BCUT2D eigenvalue weighted by atomic mass is 32.2. The smallest absolute Gasteiger partial charge is 0.305 e. The number of hydrogen-bond donors (Lipinski definition) is 2. The standard InChI is InChI=1S/C25H19FN2O4S2/c26-10-5-7-11(8-6-10)28-23(30)18-13-9-14(19(18)24(28)31)20-17(13)16(12-3-1-2-4-15(12)29)21-22(33-20)27-25(32)34-21/h1-8,13-14,16-20,29H,9H2,(H,27,32)/t13-,14+,16-,17+,18-,19-,20-/m0/s1. The highest BCUT2D eigenvalue weighted by Gasteiger charge is 2.69. The minimum Gasteiger partial charge on any atom is -0.508 e. The second-order valence-corrected chi connectivity index (χ2v) is 11.7. The molecule has 2 N–H and O–H groups in total. The van der Waals surface area contributed by atoms with Crippen LogP contribution in [0.25, 0.3) is 0 Å². The molecule has 172 valence electrons. The van der Waals surface area contributed by atoms with Crippen LogP contribution in [-0.2, 0) is 9.59 Å². The van der Waals surface area contributed by atoms with Crippen molar-refractivity contribution < 1.29 is 19.1 Å². The number of benzene rings is 2. The van der Waals surface area contributed by atoms with Crippen LogP contribution in [0.5, 0.6) is 5.75 Å². The fourth-order valence-corrected chi connectivity index (χ4v) is 9.84. The summed E-state index contributed by atoms with van der Waals surface area (Å²) >= 11 is 2.77. The van der Waals surface area contributed by atoms with Crippen LogP contribution >= 0.6 is 23.1 Å². The number of H-pyrrole nitrogens is 1. The molecule has 2 aliphatic heterocycles. The van der Waals surface area contributed by atoms with Crippen LogP contribution in [-0.4, -0.2) is 27.2 Å². The van der Waals surface area contributed by atoms with Crippen molar-refractivity contribution in [2.24, 2.45) is 29.6 Å². The number of fused-ring (bicyclic) bond motifs is 9. The van der Waals surface area contributed by atoms with Gasteiger partial charge in [0.25, 0.3) is 0 Å². The van der Waals surface area contributed by atoms with Crippen molar-refractivity contribution in [3.05, 3.63) is 74.5 Å². The number of hydrogen-bond acceptors (Lipinski definition) is 6. The summed E-state index contributed by atoms with van der Waals surface area (Å²) in [6, 6.07) is 12.6. The normalized spacial score (nSPS) is 33.2. The van der Waals surface area contributed by atoms with Gasteiger partial charge >= 0.3 is 4.87 Å². The highest BCUT2D eigenvalue weighted by Crippen LogP contribution is 2.69. The molecule has 4 aliphatic rings. The topological polar surface area (TPSA) is 90.5 Å². The summed E-state index contributed by atoms with van der Waals surface area (Å²) in [4.78, 5) is 44.4. The molecule has 2 aliphatic carbocycles. The number of para-hydroxylation sites is 1. The van der Waals surface area contributed by atoms with E-state index in [0.717, 1.165) is 33.2 Å². The van der Waals surface area contributed by atoms with Gasteiger partial charge in [-0.05, 0) is 54.5 Å². The van der Waals surface area contributed by atoms with E-state index in [1.807, 2.05) is 12.1 Å². The number of imide groups is 1. The maximum Gasteiger partial charge on any atom is 0.305 e. The third kappa shape index (κ3) is 2.59. The molecule has 34 heavy (non-hydrogen) atoms. The Bertz CT molecular complexity index is 1420. The molecule has 9 heteroatoms. The summed E-state index contributed by atoms with van der Waals surface area (Å²) in [6.45, 7) is 0. The van der Waals surface area contributed by atoms with E-state index >= 15 is 0 Å². The lowest BCUT2D eigenvalue weighted by atomic mass is 9.68. The highest BCUT2D eigenvalue weighted by molar-refractivity contribution is 8.00. The lowest BCUT2D eigenvalue weighted by Crippen LogP contribution is -2.42. The number of rotatable bonds is 2. The summed E-state index contributed by atoms with van der Waals surface area (Å²) in [6.07, 6.45) is 0.773. The fourth-order valence-electron chi connectivity index (χ4n) is 6.96. The Hall–Kier alpha value is -2.91. The van der Waals surface area contributed by atoms with Gasteiger partial charge in [0.05, 0.1) is 22.5 Å². The number of anilines is 1. The summed E-state index contributed by atoms with van der Waals surface area (Å²) in [5.74, 6) is -1.76. The lowest BCUT2D eigenvalue weighted by molar-refractivity contribution is -0.123. The number of aromatic nitrogens is 1. The van der Waals surface area contributed by atoms with Crippen molar-refractivity contribution in [2.45, 2.75) is 22.6 Å². The van der Waals surface area contributed by atoms with Crippen molar-refractivity contribution in [2.75, 3.05) is 4.90 Å². The van der Waals surface area contributed by atoms with Gasteiger partial charge in [0.15, 0.2) is 0 Å². The number of thiazole rings is 1. The molecule has 3 heterocycles. The zero-order valence-corrected chi connectivity index (χ0v) is 19.3. The Labute approximate surface area is 201 Å². The molecule has 1 saturated heterocycles. The predicted molar refractivity (Wildman–Crippen MR) is 125 cm³/mol. The van der Waals surface area contributed by atoms with Crippen LogP contribution in [0.3, 0.4) is 0 Å². The third-order valence-electron chi connectivity index (χ3n) is 8.08. The Morgan fingerprint density at radius 2 is 1.68 bits per heavy atom. The summed E-state index contributed by atoms with van der Waals surface area (Å²) in [7, 11) is 0. The van der Waals surface area contributed by atoms with Gasteiger partial charge in [-0.25, -0.2) is 4.39 Å². The number of nitrogens with zero attached hydrogens (tertiary/aromatic N) is 1. The van der Waals surface area contributed by atoms with E-state index in [2.05, 4.69) is 4.98 Å².